The molecule has 0 aromatic heterocycles. The molecular weight excluding hydrogens is 284 g/mol. The Kier molecular flexibility index (Phi) is 5.09. The van der Waals surface area contributed by atoms with Crippen molar-refractivity contribution in [2.75, 3.05) is 7.05 Å². The first kappa shape index (κ1) is 17.1. The van der Waals surface area contributed by atoms with Gasteiger partial charge in [0.05, 0.1) is 11.6 Å². The number of aryl methyl sites for hydroxylation is 1. The van der Waals surface area contributed by atoms with Crippen molar-refractivity contribution in [3.63, 3.8) is 0 Å². The van der Waals surface area contributed by atoms with Gasteiger partial charge in [-0.2, -0.15) is 0 Å². The summed E-state index contributed by atoms with van der Waals surface area (Å²) in [4.78, 5) is 14.4. The minimum Gasteiger partial charge on any atom is -0.329 e. The second-order valence-corrected chi connectivity index (χ2v) is 6.62. The quantitative estimate of drug-likeness (QED) is 0.877. The summed E-state index contributed by atoms with van der Waals surface area (Å²) in [5.74, 6) is 0. The Morgan fingerprint density at radius 1 is 1.04 bits per heavy atom. The van der Waals surface area contributed by atoms with Crippen LogP contribution in [0, 0.1) is 6.92 Å². The van der Waals surface area contributed by atoms with E-state index in [1.807, 2.05) is 58.2 Å². The molecule has 2 rings (SSSR count). The first-order chi connectivity index (χ1) is 10.8. The molecule has 0 radical (unpaired) electrons. The van der Waals surface area contributed by atoms with Gasteiger partial charge in [-0.15, -0.1) is 0 Å². The minimum absolute atomic E-state index is 0.0159. The van der Waals surface area contributed by atoms with Crippen LogP contribution in [0.2, 0.25) is 0 Å². The number of nitrogens with zero attached hydrogens (tertiary/aromatic N) is 1. The highest BCUT2D eigenvalue weighted by molar-refractivity contribution is 5.75. The topological polar surface area (TPSA) is 32.3 Å². The van der Waals surface area contributed by atoms with Crippen LogP contribution < -0.4 is 5.32 Å². The largest absolute Gasteiger partial charge is 0.329 e. The molecule has 0 fully saturated rings. The molecule has 1 N–H and O–H groups in total. The Morgan fingerprint density at radius 3 is 2.17 bits per heavy atom. The van der Waals surface area contributed by atoms with E-state index in [4.69, 9.17) is 0 Å². The van der Waals surface area contributed by atoms with Crippen molar-refractivity contribution in [2.45, 2.75) is 39.3 Å². The number of hydrogen-bond acceptors (Lipinski definition) is 1. The maximum Gasteiger partial charge on any atom is 0.318 e. The third-order valence-electron chi connectivity index (χ3n) is 4.38. The van der Waals surface area contributed by atoms with Gasteiger partial charge in [0.25, 0.3) is 0 Å². The van der Waals surface area contributed by atoms with E-state index >= 15 is 0 Å². The number of hydrogen-bond donors (Lipinski definition) is 1. The van der Waals surface area contributed by atoms with E-state index in [9.17, 15) is 4.79 Å². The highest BCUT2D eigenvalue weighted by atomic mass is 16.2. The van der Waals surface area contributed by atoms with Crippen LogP contribution in [0.25, 0.3) is 0 Å². The van der Waals surface area contributed by atoms with Crippen molar-refractivity contribution in [3.05, 3.63) is 71.3 Å². The molecule has 2 amide bonds. The zero-order chi connectivity index (χ0) is 17.0. The van der Waals surface area contributed by atoms with E-state index in [-0.39, 0.29) is 12.1 Å². The smallest absolute Gasteiger partial charge is 0.318 e. The van der Waals surface area contributed by atoms with Crippen molar-refractivity contribution < 1.29 is 4.79 Å². The monoisotopic (exact) mass is 310 g/mol. The average Bonchev–Trinajstić information content (AvgIpc) is 2.54. The predicted octanol–water partition coefficient (Wildman–Crippen LogP) is 4.63. The summed E-state index contributed by atoms with van der Waals surface area (Å²) in [5, 5.41) is 3.12. The van der Waals surface area contributed by atoms with E-state index in [2.05, 4.69) is 36.5 Å². The number of rotatable bonds is 4. The summed E-state index contributed by atoms with van der Waals surface area (Å²) in [5.41, 5.74) is 3.02. The first-order valence-corrected chi connectivity index (χ1v) is 7.98. The molecule has 0 aliphatic heterocycles. The van der Waals surface area contributed by atoms with Crippen LogP contribution in [0.15, 0.2) is 54.6 Å². The van der Waals surface area contributed by atoms with Gasteiger partial charge < -0.3 is 10.2 Å². The van der Waals surface area contributed by atoms with Gasteiger partial charge in [-0.3, -0.25) is 0 Å². The second-order valence-electron chi connectivity index (χ2n) is 6.62. The summed E-state index contributed by atoms with van der Waals surface area (Å²) in [6.45, 7) is 8.14. The summed E-state index contributed by atoms with van der Waals surface area (Å²) in [7, 11) is 1.83. The van der Waals surface area contributed by atoms with Crippen LogP contribution in [-0.4, -0.2) is 18.0 Å². The Hall–Kier alpha value is -2.29. The van der Waals surface area contributed by atoms with Crippen molar-refractivity contribution in [2.24, 2.45) is 0 Å². The highest BCUT2D eigenvalue weighted by Gasteiger charge is 2.26. The molecule has 1 atom stereocenters. The van der Waals surface area contributed by atoms with Crippen molar-refractivity contribution in [3.8, 4) is 0 Å². The number of nitrogens with one attached hydrogen (secondary N) is 1. The maximum atomic E-state index is 12.6. The third-order valence-corrected chi connectivity index (χ3v) is 4.38. The molecule has 0 aliphatic rings. The van der Waals surface area contributed by atoms with E-state index in [0.717, 1.165) is 11.1 Å². The molecule has 0 saturated carbocycles. The van der Waals surface area contributed by atoms with Gasteiger partial charge in [0.15, 0.2) is 0 Å². The minimum atomic E-state index is -0.417. The van der Waals surface area contributed by atoms with Gasteiger partial charge >= 0.3 is 6.03 Å². The van der Waals surface area contributed by atoms with Crippen molar-refractivity contribution in [1.82, 2.24) is 10.2 Å². The van der Waals surface area contributed by atoms with Crippen molar-refractivity contribution >= 4 is 6.03 Å². The maximum absolute atomic E-state index is 12.6. The fourth-order valence-electron chi connectivity index (χ4n) is 2.53. The molecule has 2 aromatic rings. The number of carbonyl (C=O) groups excluding carboxylic acids is 1. The highest BCUT2D eigenvalue weighted by Crippen LogP contribution is 2.23. The summed E-state index contributed by atoms with van der Waals surface area (Å²) >= 11 is 0. The van der Waals surface area contributed by atoms with Crippen LogP contribution in [0.1, 0.15) is 43.5 Å². The van der Waals surface area contributed by atoms with Crippen LogP contribution in [0.5, 0.6) is 0 Å². The second kappa shape index (κ2) is 6.86. The summed E-state index contributed by atoms with van der Waals surface area (Å²) < 4.78 is 0. The van der Waals surface area contributed by atoms with Gasteiger partial charge in [-0.1, -0.05) is 60.2 Å². The van der Waals surface area contributed by atoms with Crippen LogP contribution in [0.4, 0.5) is 4.79 Å². The van der Waals surface area contributed by atoms with E-state index < -0.39 is 5.54 Å². The molecular formula is C20H26N2O. The third kappa shape index (κ3) is 4.13. The normalized spacial score (nSPS) is 12.6. The van der Waals surface area contributed by atoms with Crippen LogP contribution in [0.3, 0.4) is 0 Å². The molecule has 3 nitrogen and oxygen atoms in total. The molecule has 2 aromatic carbocycles. The van der Waals surface area contributed by atoms with E-state index in [1.54, 1.807) is 4.90 Å². The predicted molar refractivity (Wildman–Crippen MR) is 95.4 cm³/mol. The number of amides is 2. The van der Waals surface area contributed by atoms with E-state index in [0.29, 0.717) is 0 Å². The Balaban J connectivity index is 2.09. The number of urea groups is 1. The zero-order valence-electron chi connectivity index (χ0n) is 14.6. The average molecular weight is 310 g/mol. The molecule has 23 heavy (non-hydrogen) atoms. The van der Waals surface area contributed by atoms with Crippen LogP contribution in [-0.2, 0) is 5.54 Å². The number of benzene rings is 2. The lowest BCUT2D eigenvalue weighted by atomic mass is 9.94. The molecule has 122 valence electrons. The fraction of sp³-hybridized carbons (Fsp3) is 0.350. The lowest BCUT2D eigenvalue weighted by Gasteiger charge is -2.32. The molecule has 1 unspecified atom stereocenters. The summed E-state index contributed by atoms with van der Waals surface area (Å²) in [6.07, 6.45) is 0. The standard InChI is InChI=1S/C20H26N2O/c1-15-11-13-17(14-12-15)16(2)22(5)19(23)21-20(3,4)18-9-7-6-8-10-18/h6-14,16H,1-5H3,(H,21,23). The summed E-state index contributed by atoms with van der Waals surface area (Å²) in [6, 6.07) is 18.3. The lowest BCUT2D eigenvalue weighted by Crippen LogP contribution is -2.47. The molecule has 0 bridgehead atoms. The molecule has 0 aliphatic carbocycles. The van der Waals surface area contributed by atoms with Crippen LogP contribution >= 0.6 is 0 Å². The fourth-order valence-corrected chi connectivity index (χ4v) is 2.53. The molecule has 0 saturated heterocycles. The van der Waals surface area contributed by atoms with Crippen molar-refractivity contribution in [1.29, 1.82) is 0 Å². The first-order valence-electron chi connectivity index (χ1n) is 7.98. The molecule has 0 spiro atoms. The SMILES string of the molecule is Cc1ccc(C(C)N(C)C(=O)NC(C)(C)c2ccccc2)cc1. The van der Waals surface area contributed by atoms with E-state index in [1.165, 1.54) is 5.56 Å². The van der Waals surface area contributed by atoms with Gasteiger partial charge in [0.2, 0.25) is 0 Å². The van der Waals surface area contributed by atoms with Gasteiger partial charge in [-0.25, -0.2) is 4.79 Å². The Labute approximate surface area is 139 Å². The zero-order valence-corrected chi connectivity index (χ0v) is 14.6. The number of carbonyl (C=O) groups is 1. The van der Waals surface area contributed by atoms with Gasteiger partial charge in [0.1, 0.15) is 0 Å². The van der Waals surface area contributed by atoms with Gasteiger partial charge in [-0.05, 0) is 38.8 Å². The Bertz CT molecular complexity index is 647. The van der Waals surface area contributed by atoms with Gasteiger partial charge in [0, 0.05) is 7.05 Å². The Morgan fingerprint density at radius 2 is 1.61 bits per heavy atom. The molecule has 0 heterocycles. The lowest BCUT2D eigenvalue weighted by molar-refractivity contribution is 0.183. The molecule has 3 heteroatoms.